The smallest absolute Gasteiger partial charge is 0.264 e. The number of aryl methyl sites for hydroxylation is 2. The second-order valence-electron chi connectivity index (χ2n) is 11.1. The quantitative estimate of drug-likeness (QED) is 0.261. The van der Waals surface area contributed by atoms with Crippen LogP contribution in [0.1, 0.15) is 62.1 Å². The summed E-state index contributed by atoms with van der Waals surface area (Å²) in [4.78, 5) is 29.2. The SMILES string of the molecule is CC[C@@H](C(=O)NC1CCCCC1)N(Cc1ccc(F)cc1)C(=O)CN(c1ccc(C)c(C)c1)S(=O)(=O)c1ccc(Cl)cc1. The Labute approximate surface area is 259 Å². The van der Waals surface area contributed by atoms with E-state index in [1.165, 1.54) is 41.3 Å². The summed E-state index contributed by atoms with van der Waals surface area (Å²) in [6.45, 7) is 5.09. The summed E-state index contributed by atoms with van der Waals surface area (Å²) in [5, 5.41) is 3.51. The van der Waals surface area contributed by atoms with Crippen molar-refractivity contribution in [3.05, 3.63) is 94.3 Å². The molecule has 10 heteroatoms. The Morgan fingerprint density at radius 3 is 2.21 bits per heavy atom. The lowest BCUT2D eigenvalue weighted by Gasteiger charge is -2.34. The van der Waals surface area contributed by atoms with Crippen molar-refractivity contribution < 1.29 is 22.4 Å². The number of amides is 2. The van der Waals surface area contributed by atoms with Gasteiger partial charge in [0.05, 0.1) is 10.6 Å². The Kier molecular flexibility index (Phi) is 10.8. The van der Waals surface area contributed by atoms with Crippen molar-refractivity contribution in [1.29, 1.82) is 0 Å². The molecular formula is C33H39ClFN3O4S. The van der Waals surface area contributed by atoms with Gasteiger partial charge in [0.25, 0.3) is 10.0 Å². The fraction of sp³-hybridized carbons (Fsp3) is 0.394. The first kappa shape index (κ1) is 32.5. The first-order valence-electron chi connectivity index (χ1n) is 14.7. The molecule has 4 rings (SSSR count). The van der Waals surface area contributed by atoms with E-state index in [0.717, 1.165) is 47.5 Å². The van der Waals surface area contributed by atoms with Gasteiger partial charge < -0.3 is 10.2 Å². The van der Waals surface area contributed by atoms with Gasteiger partial charge in [-0.1, -0.05) is 56.0 Å². The van der Waals surface area contributed by atoms with E-state index in [1.54, 1.807) is 24.3 Å². The lowest BCUT2D eigenvalue weighted by atomic mass is 9.95. The Bertz CT molecular complexity index is 1520. The number of anilines is 1. The molecule has 7 nitrogen and oxygen atoms in total. The van der Waals surface area contributed by atoms with Crippen LogP contribution in [0.5, 0.6) is 0 Å². The van der Waals surface area contributed by atoms with Crippen LogP contribution in [0.25, 0.3) is 0 Å². The first-order chi connectivity index (χ1) is 20.5. The third kappa shape index (κ3) is 8.15. The average molecular weight is 628 g/mol. The normalized spacial score (nSPS) is 14.6. The van der Waals surface area contributed by atoms with Gasteiger partial charge in [-0.3, -0.25) is 13.9 Å². The minimum Gasteiger partial charge on any atom is -0.352 e. The van der Waals surface area contributed by atoms with Gasteiger partial charge in [0.2, 0.25) is 11.8 Å². The van der Waals surface area contributed by atoms with Crippen molar-refractivity contribution in [3.8, 4) is 0 Å². The van der Waals surface area contributed by atoms with E-state index in [2.05, 4.69) is 5.32 Å². The van der Waals surface area contributed by atoms with E-state index < -0.39 is 34.3 Å². The minimum atomic E-state index is -4.21. The van der Waals surface area contributed by atoms with Gasteiger partial charge in [0, 0.05) is 17.6 Å². The summed E-state index contributed by atoms with van der Waals surface area (Å²) in [5.74, 6) is -1.24. The molecule has 230 valence electrons. The van der Waals surface area contributed by atoms with E-state index in [1.807, 2.05) is 26.8 Å². The maximum Gasteiger partial charge on any atom is 0.264 e. The number of carbonyl (C=O) groups is 2. The number of nitrogens with zero attached hydrogens (tertiary/aromatic N) is 2. The number of benzene rings is 3. The number of sulfonamides is 1. The fourth-order valence-electron chi connectivity index (χ4n) is 5.39. The predicted molar refractivity (Wildman–Crippen MR) is 168 cm³/mol. The zero-order valence-electron chi connectivity index (χ0n) is 24.9. The summed E-state index contributed by atoms with van der Waals surface area (Å²) in [7, 11) is -4.21. The Balaban J connectivity index is 1.72. The second-order valence-corrected chi connectivity index (χ2v) is 13.4. The average Bonchev–Trinajstić information content (AvgIpc) is 2.99. The van der Waals surface area contributed by atoms with Crippen LogP contribution < -0.4 is 9.62 Å². The molecule has 3 aromatic rings. The lowest BCUT2D eigenvalue weighted by Crippen LogP contribution is -2.54. The second kappa shape index (κ2) is 14.4. The van der Waals surface area contributed by atoms with Crippen LogP contribution in [-0.4, -0.2) is 43.8 Å². The van der Waals surface area contributed by atoms with Crippen LogP contribution in [0.2, 0.25) is 5.02 Å². The molecule has 1 atom stereocenters. The maximum atomic E-state index is 14.2. The molecular weight excluding hydrogens is 589 g/mol. The van der Waals surface area contributed by atoms with Crippen LogP contribution in [0, 0.1) is 19.7 Å². The van der Waals surface area contributed by atoms with Crippen molar-refractivity contribution in [2.24, 2.45) is 0 Å². The molecule has 1 saturated carbocycles. The first-order valence-corrected chi connectivity index (χ1v) is 16.5. The summed E-state index contributed by atoms with van der Waals surface area (Å²) >= 11 is 6.03. The molecule has 0 saturated heterocycles. The molecule has 0 spiro atoms. The topological polar surface area (TPSA) is 86.8 Å². The molecule has 0 unspecified atom stereocenters. The number of carbonyl (C=O) groups excluding carboxylic acids is 2. The zero-order valence-corrected chi connectivity index (χ0v) is 26.4. The summed E-state index contributed by atoms with van der Waals surface area (Å²) in [5.41, 5.74) is 2.79. The molecule has 0 radical (unpaired) electrons. The molecule has 0 aliphatic heterocycles. The van der Waals surface area contributed by atoms with Crippen molar-refractivity contribution in [2.75, 3.05) is 10.8 Å². The summed E-state index contributed by atoms with van der Waals surface area (Å²) < 4.78 is 42.8. The van der Waals surface area contributed by atoms with Crippen molar-refractivity contribution >= 4 is 39.1 Å². The molecule has 43 heavy (non-hydrogen) atoms. The standard InChI is InChI=1S/C33H39ClFN3O4S/c1-4-31(33(40)36-28-8-6-5-7-9-28)37(21-25-11-15-27(35)16-12-25)32(39)22-38(29-17-10-23(2)24(3)20-29)43(41,42)30-18-13-26(34)14-19-30/h10-20,28,31H,4-9,21-22H2,1-3H3,(H,36,40)/t31-/m0/s1. The fourth-order valence-corrected chi connectivity index (χ4v) is 6.93. The van der Waals surface area contributed by atoms with Crippen LogP contribution in [0.3, 0.4) is 0 Å². The number of nitrogens with one attached hydrogen (secondary N) is 1. The lowest BCUT2D eigenvalue weighted by molar-refractivity contribution is -0.140. The number of hydrogen-bond acceptors (Lipinski definition) is 4. The van der Waals surface area contributed by atoms with Crippen LogP contribution in [-0.2, 0) is 26.2 Å². The highest BCUT2D eigenvalue weighted by Crippen LogP contribution is 2.28. The van der Waals surface area contributed by atoms with E-state index in [0.29, 0.717) is 22.7 Å². The molecule has 1 aliphatic rings. The number of rotatable bonds is 11. The summed E-state index contributed by atoms with van der Waals surface area (Å²) in [6, 6.07) is 15.9. The third-order valence-electron chi connectivity index (χ3n) is 8.06. The Morgan fingerprint density at radius 1 is 0.953 bits per heavy atom. The minimum absolute atomic E-state index is 0.0114. The molecule has 3 aromatic carbocycles. The molecule has 0 aromatic heterocycles. The molecule has 0 bridgehead atoms. The van der Waals surface area contributed by atoms with E-state index in [9.17, 15) is 22.4 Å². The summed E-state index contributed by atoms with van der Waals surface area (Å²) in [6.07, 6.45) is 5.29. The molecule has 1 N–H and O–H groups in total. The Morgan fingerprint density at radius 2 is 1.60 bits per heavy atom. The molecule has 1 aliphatic carbocycles. The van der Waals surface area contributed by atoms with Gasteiger partial charge in [0.1, 0.15) is 18.4 Å². The largest absolute Gasteiger partial charge is 0.352 e. The van der Waals surface area contributed by atoms with Crippen molar-refractivity contribution in [3.63, 3.8) is 0 Å². The highest BCUT2D eigenvalue weighted by Gasteiger charge is 2.34. The monoisotopic (exact) mass is 627 g/mol. The zero-order chi connectivity index (χ0) is 31.1. The Hall–Kier alpha value is -3.43. The predicted octanol–water partition coefficient (Wildman–Crippen LogP) is 6.55. The van der Waals surface area contributed by atoms with Crippen LogP contribution in [0.15, 0.2) is 71.6 Å². The highest BCUT2D eigenvalue weighted by atomic mass is 35.5. The molecule has 0 heterocycles. The van der Waals surface area contributed by atoms with Crippen molar-refractivity contribution in [1.82, 2.24) is 10.2 Å². The van der Waals surface area contributed by atoms with Gasteiger partial charge in [-0.25, -0.2) is 12.8 Å². The van der Waals surface area contributed by atoms with Gasteiger partial charge in [-0.15, -0.1) is 0 Å². The molecule has 1 fully saturated rings. The maximum absolute atomic E-state index is 14.2. The van der Waals surface area contributed by atoms with Gasteiger partial charge in [0.15, 0.2) is 0 Å². The highest BCUT2D eigenvalue weighted by molar-refractivity contribution is 7.92. The van der Waals surface area contributed by atoms with E-state index in [4.69, 9.17) is 11.6 Å². The van der Waals surface area contributed by atoms with Gasteiger partial charge >= 0.3 is 0 Å². The van der Waals surface area contributed by atoms with Crippen LogP contribution in [0.4, 0.5) is 10.1 Å². The number of halogens is 2. The van der Waals surface area contributed by atoms with Gasteiger partial charge in [-0.05, 0) is 98.3 Å². The molecule has 2 amide bonds. The van der Waals surface area contributed by atoms with E-state index in [-0.39, 0.29) is 23.4 Å². The third-order valence-corrected chi connectivity index (χ3v) is 10.1. The van der Waals surface area contributed by atoms with E-state index >= 15 is 0 Å². The number of hydrogen-bond donors (Lipinski definition) is 1. The van der Waals surface area contributed by atoms with Gasteiger partial charge in [-0.2, -0.15) is 0 Å². The van der Waals surface area contributed by atoms with Crippen LogP contribution >= 0.6 is 11.6 Å². The van der Waals surface area contributed by atoms with Crippen molar-refractivity contribution in [2.45, 2.75) is 82.8 Å².